The zero-order valence-electron chi connectivity index (χ0n) is 8.77. The van der Waals surface area contributed by atoms with Crippen LogP contribution in [-0.2, 0) is 4.79 Å². The minimum Gasteiger partial charge on any atom is -0.356 e. The van der Waals surface area contributed by atoms with E-state index in [1.165, 1.54) is 12.8 Å². The molecule has 1 amide bonds. The van der Waals surface area contributed by atoms with Gasteiger partial charge in [-0.1, -0.05) is 39.5 Å². The van der Waals surface area contributed by atoms with Crippen LogP contribution >= 0.6 is 0 Å². The fourth-order valence-corrected chi connectivity index (χ4v) is 1.17. The normalized spacial score (nSPS) is 10.0. The molecular weight excluding hydrogens is 162 g/mol. The molecule has 1 radical (unpaired) electrons. The second-order valence-corrected chi connectivity index (χ2v) is 3.37. The standard InChI is InChI=1S/C11H22NO/c1-3-5-6-7-8-9-11(13)12-10-4-2/h1,3-10H2,2H3,(H,12,13). The third-order valence-corrected chi connectivity index (χ3v) is 1.98. The van der Waals surface area contributed by atoms with Crippen LogP contribution in [-0.4, -0.2) is 12.5 Å². The molecule has 0 saturated heterocycles. The molecule has 0 rings (SSSR count). The van der Waals surface area contributed by atoms with Crippen molar-refractivity contribution < 1.29 is 4.79 Å². The quantitative estimate of drug-likeness (QED) is 0.577. The summed E-state index contributed by atoms with van der Waals surface area (Å²) in [4.78, 5) is 11.1. The van der Waals surface area contributed by atoms with Gasteiger partial charge in [-0.15, -0.1) is 0 Å². The number of rotatable bonds is 8. The van der Waals surface area contributed by atoms with Crippen LogP contribution in [0.2, 0.25) is 0 Å². The van der Waals surface area contributed by atoms with Crippen molar-refractivity contribution in [1.82, 2.24) is 5.32 Å². The topological polar surface area (TPSA) is 29.1 Å². The molecule has 0 saturated carbocycles. The average molecular weight is 184 g/mol. The van der Waals surface area contributed by atoms with Crippen molar-refractivity contribution in [2.45, 2.75) is 51.9 Å². The highest BCUT2D eigenvalue weighted by Gasteiger charge is 1.98. The number of hydrogen-bond acceptors (Lipinski definition) is 1. The summed E-state index contributed by atoms with van der Waals surface area (Å²) in [6.07, 6.45) is 7.32. The highest BCUT2D eigenvalue weighted by Crippen LogP contribution is 2.04. The average Bonchev–Trinajstić information content (AvgIpc) is 2.14. The van der Waals surface area contributed by atoms with Gasteiger partial charge in [-0.05, 0) is 12.8 Å². The molecule has 0 aliphatic heterocycles. The molecule has 13 heavy (non-hydrogen) atoms. The van der Waals surface area contributed by atoms with Gasteiger partial charge in [-0.3, -0.25) is 4.79 Å². The van der Waals surface area contributed by atoms with Gasteiger partial charge in [0.05, 0.1) is 0 Å². The Morgan fingerprint density at radius 2 is 1.92 bits per heavy atom. The van der Waals surface area contributed by atoms with Crippen LogP contribution in [0.3, 0.4) is 0 Å². The summed E-state index contributed by atoms with van der Waals surface area (Å²) in [5, 5.41) is 2.87. The molecule has 0 spiro atoms. The fourth-order valence-electron chi connectivity index (χ4n) is 1.17. The number of unbranched alkanes of at least 4 members (excludes halogenated alkanes) is 4. The van der Waals surface area contributed by atoms with E-state index in [1.807, 2.05) is 0 Å². The van der Waals surface area contributed by atoms with Crippen molar-refractivity contribution in [2.75, 3.05) is 6.54 Å². The first-order chi connectivity index (χ1) is 6.31. The predicted octanol–water partition coefficient (Wildman–Crippen LogP) is 2.69. The lowest BCUT2D eigenvalue weighted by Crippen LogP contribution is -2.23. The van der Waals surface area contributed by atoms with Crippen LogP contribution in [0.4, 0.5) is 0 Å². The number of amides is 1. The smallest absolute Gasteiger partial charge is 0.219 e. The van der Waals surface area contributed by atoms with Crippen LogP contribution in [0.1, 0.15) is 51.9 Å². The van der Waals surface area contributed by atoms with Gasteiger partial charge in [0.25, 0.3) is 0 Å². The maximum atomic E-state index is 11.1. The van der Waals surface area contributed by atoms with Crippen molar-refractivity contribution in [3.05, 3.63) is 6.92 Å². The van der Waals surface area contributed by atoms with Gasteiger partial charge < -0.3 is 5.32 Å². The number of carbonyl (C=O) groups excluding carboxylic acids is 1. The summed E-state index contributed by atoms with van der Waals surface area (Å²) in [7, 11) is 0. The largest absolute Gasteiger partial charge is 0.356 e. The van der Waals surface area contributed by atoms with Gasteiger partial charge in [0.2, 0.25) is 5.91 Å². The summed E-state index contributed by atoms with van der Waals surface area (Å²) in [5.41, 5.74) is 0. The molecule has 0 bridgehead atoms. The van der Waals surface area contributed by atoms with Gasteiger partial charge >= 0.3 is 0 Å². The number of nitrogens with one attached hydrogen (secondary N) is 1. The van der Waals surface area contributed by atoms with Crippen LogP contribution in [0.25, 0.3) is 0 Å². The van der Waals surface area contributed by atoms with Crippen LogP contribution < -0.4 is 5.32 Å². The summed E-state index contributed by atoms with van der Waals surface area (Å²) in [6.45, 7) is 6.66. The lowest BCUT2D eigenvalue weighted by molar-refractivity contribution is -0.121. The number of carbonyl (C=O) groups is 1. The van der Waals surface area contributed by atoms with Crippen LogP contribution in [0.5, 0.6) is 0 Å². The van der Waals surface area contributed by atoms with E-state index < -0.39 is 0 Å². The predicted molar refractivity (Wildman–Crippen MR) is 56.4 cm³/mol. The Bertz CT molecular complexity index is 123. The van der Waals surface area contributed by atoms with Gasteiger partial charge in [0.1, 0.15) is 0 Å². The van der Waals surface area contributed by atoms with Gasteiger partial charge in [-0.25, -0.2) is 0 Å². The molecule has 0 atom stereocenters. The summed E-state index contributed by atoms with van der Waals surface area (Å²) >= 11 is 0. The Morgan fingerprint density at radius 3 is 2.54 bits per heavy atom. The number of hydrogen-bond donors (Lipinski definition) is 1. The molecule has 0 heterocycles. The maximum Gasteiger partial charge on any atom is 0.219 e. The highest BCUT2D eigenvalue weighted by molar-refractivity contribution is 5.75. The van der Waals surface area contributed by atoms with Crippen molar-refractivity contribution in [3.8, 4) is 0 Å². The van der Waals surface area contributed by atoms with Crippen molar-refractivity contribution in [2.24, 2.45) is 0 Å². The Kier molecular flexibility index (Phi) is 9.17. The van der Waals surface area contributed by atoms with E-state index in [4.69, 9.17) is 0 Å². The van der Waals surface area contributed by atoms with E-state index in [0.29, 0.717) is 6.42 Å². The van der Waals surface area contributed by atoms with E-state index >= 15 is 0 Å². The fraction of sp³-hybridized carbons (Fsp3) is 0.818. The molecule has 2 heteroatoms. The first-order valence-corrected chi connectivity index (χ1v) is 5.37. The molecule has 0 aliphatic rings. The van der Waals surface area contributed by atoms with Crippen LogP contribution in [0, 0.1) is 6.92 Å². The van der Waals surface area contributed by atoms with E-state index in [-0.39, 0.29) is 5.91 Å². The molecule has 0 fully saturated rings. The Labute approximate surface area is 82.1 Å². The van der Waals surface area contributed by atoms with Gasteiger partial charge in [0, 0.05) is 13.0 Å². The van der Waals surface area contributed by atoms with Crippen molar-refractivity contribution in [1.29, 1.82) is 0 Å². The maximum absolute atomic E-state index is 11.1. The molecule has 0 aromatic heterocycles. The molecule has 1 N–H and O–H groups in total. The zero-order chi connectivity index (χ0) is 9.94. The summed E-state index contributed by atoms with van der Waals surface area (Å²) in [6, 6.07) is 0. The SMILES string of the molecule is [CH2]CCCCCCC(=O)NCCC. The monoisotopic (exact) mass is 184 g/mol. The first-order valence-electron chi connectivity index (χ1n) is 5.37. The molecule has 0 unspecified atom stereocenters. The molecule has 2 nitrogen and oxygen atoms in total. The Morgan fingerprint density at radius 1 is 1.23 bits per heavy atom. The second kappa shape index (κ2) is 9.56. The lowest BCUT2D eigenvalue weighted by atomic mass is 10.1. The Balaban J connectivity index is 3.08. The van der Waals surface area contributed by atoms with Gasteiger partial charge in [-0.2, -0.15) is 0 Å². The first kappa shape index (κ1) is 12.5. The summed E-state index contributed by atoms with van der Waals surface area (Å²) in [5.74, 6) is 0.205. The van der Waals surface area contributed by atoms with E-state index in [0.717, 1.165) is 32.2 Å². The third kappa shape index (κ3) is 9.38. The van der Waals surface area contributed by atoms with E-state index in [1.54, 1.807) is 0 Å². The second-order valence-electron chi connectivity index (χ2n) is 3.37. The molecule has 0 aliphatic carbocycles. The summed E-state index contributed by atoms with van der Waals surface area (Å²) < 4.78 is 0. The molecule has 0 aromatic carbocycles. The van der Waals surface area contributed by atoms with E-state index in [2.05, 4.69) is 19.2 Å². The van der Waals surface area contributed by atoms with Crippen molar-refractivity contribution in [3.63, 3.8) is 0 Å². The zero-order valence-corrected chi connectivity index (χ0v) is 8.77. The lowest BCUT2D eigenvalue weighted by Gasteiger charge is -2.02. The molecule has 0 aromatic rings. The van der Waals surface area contributed by atoms with Gasteiger partial charge in [0.15, 0.2) is 0 Å². The third-order valence-electron chi connectivity index (χ3n) is 1.98. The molecular formula is C11H22NO. The van der Waals surface area contributed by atoms with E-state index in [9.17, 15) is 4.79 Å². The Hall–Kier alpha value is -0.530. The minimum atomic E-state index is 0.205. The molecule has 77 valence electrons. The van der Waals surface area contributed by atoms with Crippen molar-refractivity contribution >= 4 is 5.91 Å². The highest BCUT2D eigenvalue weighted by atomic mass is 16.1. The van der Waals surface area contributed by atoms with Crippen LogP contribution in [0.15, 0.2) is 0 Å². The minimum absolute atomic E-state index is 0.205.